The van der Waals surface area contributed by atoms with Gasteiger partial charge in [0.1, 0.15) is 18.4 Å². The van der Waals surface area contributed by atoms with Crippen molar-refractivity contribution in [1.82, 2.24) is 15.2 Å². The predicted molar refractivity (Wildman–Crippen MR) is 137 cm³/mol. The van der Waals surface area contributed by atoms with Crippen LogP contribution in [0.15, 0.2) is 48.7 Å². The highest BCUT2D eigenvalue weighted by molar-refractivity contribution is 5.95. The lowest BCUT2D eigenvalue weighted by Crippen LogP contribution is -2.58. The van der Waals surface area contributed by atoms with E-state index >= 15 is 0 Å². The molecule has 3 fully saturated rings. The summed E-state index contributed by atoms with van der Waals surface area (Å²) in [7, 11) is 0. The monoisotopic (exact) mass is 466 g/mol. The highest BCUT2D eigenvalue weighted by Gasteiger charge is 2.39. The smallest absolute Gasteiger partial charge is 0.125 e. The molecule has 7 rings (SSSR count). The molecule has 5 heterocycles. The van der Waals surface area contributed by atoms with E-state index in [1.54, 1.807) is 6.20 Å². The Balaban J connectivity index is 1.15. The Morgan fingerprint density at radius 2 is 2.06 bits per heavy atom. The molecule has 2 aromatic carbocycles. The number of nitriles is 1. The van der Waals surface area contributed by atoms with Crippen LogP contribution in [0.25, 0.3) is 10.9 Å². The van der Waals surface area contributed by atoms with Gasteiger partial charge in [0.2, 0.25) is 0 Å². The van der Waals surface area contributed by atoms with Crippen LogP contribution in [0, 0.1) is 11.3 Å². The standard InChI is InChI=1S/C28H30N6O/c1-18-13-32(26-7-5-19(11-29)28-25(26)3-2-8-30-28)16-24-17-35-27-10-22(6-4-20(27)14-33(18)24)34-15-21-9-23(34)12-31-21/h2-8,10,18,21,23-24,31H,9,12-17H2,1H3/t18?,21-,23-,24?/m1/s1. The molecule has 7 heteroatoms. The van der Waals surface area contributed by atoms with E-state index in [-0.39, 0.29) is 0 Å². The molecule has 0 saturated carbocycles. The van der Waals surface area contributed by atoms with Crippen LogP contribution in [0.1, 0.15) is 24.5 Å². The lowest BCUT2D eigenvalue weighted by molar-refractivity contribution is 0.0892. The molecule has 0 spiro atoms. The van der Waals surface area contributed by atoms with E-state index in [1.165, 1.54) is 17.7 Å². The second kappa shape index (κ2) is 8.11. The molecule has 3 saturated heterocycles. The number of benzene rings is 2. The van der Waals surface area contributed by atoms with Gasteiger partial charge in [0.25, 0.3) is 0 Å². The molecule has 178 valence electrons. The third-order valence-electron chi connectivity index (χ3n) is 8.38. The lowest BCUT2D eigenvalue weighted by Gasteiger charge is -2.45. The summed E-state index contributed by atoms with van der Waals surface area (Å²) in [4.78, 5) is 12.1. The Bertz CT molecular complexity index is 1330. The normalized spacial score (nSPS) is 27.8. The summed E-state index contributed by atoms with van der Waals surface area (Å²) in [5.74, 6) is 1.04. The first-order valence-corrected chi connectivity index (χ1v) is 12.7. The van der Waals surface area contributed by atoms with Crippen molar-refractivity contribution in [2.24, 2.45) is 0 Å². The highest BCUT2D eigenvalue weighted by atomic mass is 16.5. The van der Waals surface area contributed by atoms with Crippen LogP contribution in [0.3, 0.4) is 0 Å². The van der Waals surface area contributed by atoms with E-state index in [1.807, 2.05) is 12.1 Å². The molecule has 0 radical (unpaired) electrons. The van der Waals surface area contributed by atoms with Gasteiger partial charge in [0.05, 0.1) is 17.1 Å². The summed E-state index contributed by atoms with van der Waals surface area (Å²) < 4.78 is 6.49. The SMILES string of the molecule is CC1CN(c2ccc(C#N)c3ncccc23)CC2COc3cc(N4C[C@H]5C[C@@H]4CN5)ccc3CN12. The largest absolute Gasteiger partial charge is 0.491 e. The molecule has 35 heavy (non-hydrogen) atoms. The highest BCUT2D eigenvalue weighted by Crippen LogP contribution is 2.37. The third kappa shape index (κ3) is 3.43. The molecule has 4 aliphatic heterocycles. The van der Waals surface area contributed by atoms with Crippen molar-refractivity contribution in [2.45, 2.75) is 44.1 Å². The van der Waals surface area contributed by atoms with Gasteiger partial charge in [-0.15, -0.1) is 0 Å². The minimum atomic E-state index is 0.295. The van der Waals surface area contributed by atoms with Crippen LogP contribution in [0.5, 0.6) is 5.75 Å². The van der Waals surface area contributed by atoms with Crippen LogP contribution in [-0.4, -0.2) is 66.8 Å². The van der Waals surface area contributed by atoms with Crippen molar-refractivity contribution >= 4 is 22.3 Å². The molecule has 1 N–H and O–H groups in total. The van der Waals surface area contributed by atoms with Gasteiger partial charge in [-0.3, -0.25) is 9.88 Å². The number of piperazine rings is 2. The first kappa shape index (κ1) is 21.0. The zero-order valence-corrected chi connectivity index (χ0v) is 20.0. The summed E-state index contributed by atoms with van der Waals surface area (Å²) in [6, 6.07) is 19.1. The lowest BCUT2D eigenvalue weighted by atomic mass is 10.0. The van der Waals surface area contributed by atoms with Crippen LogP contribution >= 0.6 is 0 Å². The van der Waals surface area contributed by atoms with Crippen LogP contribution in [-0.2, 0) is 6.54 Å². The van der Waals surface area contributed by atoms with Crippen molar-refractivity contribution in [1.29, 1.82) is 5.26 Å². The number of hydrogen-bond donors (Lipinski definition) is 1. The summed E-state index contributed by atoms with van der Waals surface area (Å²) in [5, 5.41) is 14.2. The number of fused-ring (bicyclic) bond motifs is 5. The molecule has 4 atom stereocenters. The van der Waals surface area contributed by atoms with Gasteiger partial charge in [-0.2, -0.15) is 5.26 Å². The average molecular weight is 467 g/mol. The summed E-state index contributed by atoms with van der Waals surface area (Å²) in [5.41, 5.74) is 5.14. The second-order valence-electron chi connectivity index (χ2n) is 10.5. The number of ether oxygens (including phenoxy) is 1. The molecule has 7 nitrogen and oxygen atoms in total. The average Bonchev–Trinajstić information content (AvgIpc) is 3.47. The Morgan fingerprint density at radius 3 is 2.89 bits per heavy atom. The summed E-state index contributed by atoms with van der Waals surface area (Å²) in [6.07, 6.45) is 3.02. The van der Waals surface area contributed by atoms with Crippen LogP contribution < -0.4 is 19.9 Å². The molecule has 1 aromatic heterocycles. The fourth-order valence-electron chi connectivity index (χ4n) is 6.62. The van der Waals surface area contributed by atoms with Gasteiger partial charge in [-0.1, -0.05) is 6.07 Å². The molecule has 3 aromatic rings. The second-order valence-corrected chi connectivity index (χ2v) is 10.5. The van der Waals surface area contributed by atoms with Gasteiger partial charge in [-0.25, -0.2) is 0 Å². The first-order chi connectivity index (χ1) is 17.2. The number of nitrogens with zero attached hydrogens (tertiary/aromatic N) is 5. The van der Waals surface area contributed by atoms with E-state index in [9.17, 15) is 5.26 Å². The van der Waals surface area contributed by atoms with Crippen molar-refractivity contribution in [3.63, 3.8) is 0 Å². The van der Waals surface area contributed by atoms with Gasteiger partial charge >= 0.3 is 0 Å². The van der Waals surface area contributed by atoms with Crippen molar-refractivity contribution in [2.75, 3.05) is 42.6 Å². The van der Waals surface area contributed by atoms with E-state index in [4.69, 9.17) is 4.74 Å². The van der Waals surface area contributed by atoms with Crippen molar-refractivity contribution in [3.05, 3.63) is 59.8 Å². The number of rotatable bonds is 2. The Hall–Kier alpha value is -3.34. The maximum Gasteiger partial charge on any atom is 0.125 e. The van der Waals surface area contributed by atoms with E-state index in [2.05, 4.69) is 68.3 Å². The maximum absolute atomic E-state index is 9.54. The molecule has 0 aliphatic carbocycles. The molecule has 0 amide bonds. The number of nitrogens with one attached hydrogen (secondary N) is 1. The van der Waals surface area contributed by atoms with E-state index in [0.29, 0.717) is 36.3 Å². The fourth-order valence-corrected chi connectivity index (χ4v) is 6.62. The molecular formula is C28H30N6O. The Morgan fingerprint density at radius 1 is 1.11 bits per heavy atom. The van der Waals surface area contributed by atoms with Crippen LogP contribution in [0.2, 0.25) is 0 Å². The number of anilines is 2. The minimum Gasteiger partial charge on any atom is -0.491 e. The topological polar surface area (TPSA) is 67.7 Å². The van der Waals surface area contributed by atoms with Gasteiger partial charge in [-0.05, 0) is 43.7 Å². The zero-order chi connectivity index (χ0) is 23.5. The molecule has 2 bridgehead atoms. The Kier molecular flexibility index (Phi) is 4.86. The van der Waals surface area contributed by atoms with Gasteiger partial charge in [0.15, 0.2) is 0 Å². The fraction of sp³-hybridized carbons (Fsp3) is 0.429. The van der Waals surface area contributed by atoms with Gasteiger partial charge in [0, 0.05) is 85.4 Å². The first-order valence-electron chi connectivity index (χ1n) is 12.7. The van der Waals surface area contributed by atoms with Crippen LogP contribution in [0.4, 0.5) is 11.4 Å². The quantitative estimate of drug-likeness (QED) is 0.622. The van der Waals surface area contributed by atoms with E-state index < -0.39 is 0 Å². The predicted octanol–water partition coefficient (Wildman–Crippen LogP) is 3.13. The number of aromatic nitrogens is 1. The number of pyridine rings is 1. The van der Waals surface area contributed by atoms with Crippen molar-refractivity contribution in [3.8, 4) is 11.8 Å². The third-order valence-corrected chi connectivity index (χ3v) is 8.38. The van der Waals surface area contributed by atoms with Crippen molar-refractivity contribution < 1.29 is 4.74 Å². The Labute approximate surface area is 205 Å². The summed E-state index contributed by atoms with van der Waals surface area (Å²) >= 11 is 0. The number of hydrogen-bond acceptors (Lipinski definition) is 7. The molecule has 2 unspecified atom stereocenters. The zero-order valence-electron chi connectivity index (χ0n) is 20.0. The molecular weight excluding hydrogens is 436 g/mol. The minimum absolute atomic E-state index is 0.295. The molecule has 4 aliphatic rings. The maximum atomic E-state index is 9.54. The summed E-state index contributed by atoms with van der Waals surface area (Å²) in [6.45, 7) is 7.92. The van der Waals surface area contributed by atoms with E-state index in [0.717, 1.165) is 55.1 Å². The van der Waals surface area contributed by atoms with Gasteiger partial charge < -0.3 is 19.9 Å².